The normalized spacial score (nSPS) is 14.3. The minimum absolute atomic E-state index is 0.0923. The first-order valence-electron chi connectivity index (χ1n) is 9.68. The highest BCUT2D eigenvalue weighted by Crippen LogP contribution is 2.25. The van der Waals surface area contributed by atoms with Crippen LogP contribution in [0.4, 0.5) is 5.69 Å². The van der Waals surface area contributed by atoms with Crippen LogP contribution in [0.5, 0.6) is 0 Å². The average molecular weight is 404 g/mol. The van der Waals surface area contributed by atoms with Gasteiger partial charge in [0.05, 0.1) is 16.7 Å². The van der Waals surface area contributed by atoms with Gasteiger partial charge in [-0.25, -0.2) is 4.79 Å². The standard InChI is InChI=1S/C23H20N2O5/c1-2-10-25-21(27)18-9-7-16(12-19(18)22(25)28)23(29)30-13-20(26)24-17-8-6-14-4-3-5-15(14)11-17/h2,6-9,11-12H,1,3-5,10,13H2,(H,24,26). The Morgan fingerprint density at radius 2 is 1.80 bits per heavy atom. The smallest absolute Gasteiger partial charge is 0.338 e. The van der Waals surface area contributed by atoms with Gasteiger partial charge in [0.2, 0.25) is 0 Å². The van der Waals surface area contributed by atoms with Gasteiger partial charge in [0.15, 0.2) is 6.61 Å². The molecular weight excluding hydrogens is 384 g/mol. The molecule has 0 unspecified atom stereocenters. The zero-order valence-electron chi connectivity index (χ0n) is 16.3. The Morgan fingerprint density at radius 1 is 1.03 bits per heavy atom. The maximum absolute atomic E-state index is 12.4. The number of nitrogens with zero attached hydrogens (tertiary/aromatic N) is 1. The molecule has 2 aliphatic rings. The van der Waals surface area contributed by atoms with E-state index in [-0.39, 0.29) is 23.2 Å². The van der Waals surface area contributed by atoms with Crippen LogP contribution in [0.25, 0.3) is 0 Å². The van der Waals surface area contributed by atoms with Crippen LogP contribution in [0.3, 0.4) is 0 Å². The Bertz CT molecular complexity index is 1090. The van der Waals surface area contributed by atoms with Crippen molar-refractivity contribution in [2.45, 2.75) is 19.3 Å². The molecule has 30 heavy (non-hydrogen) atoms. The molecule has 0 radical (unpaired) electrons. The average Bonchev–Trinajstić information content (AvgIpc) is 3.30. The molecule has 0 atom stereocenters. The van der Waals surface area contributed by atoms with Gasteiger partial charge in [-0.3, -0.25) is 19.3 Å². The van der Waals surface area contributed by atoms with Gasteiger partial charge < -0.3 is 10.1 Å². The van der Waals surface area contributed by atoms with E-state index in [4.69, 9.17) is 4.74 Å². The zero-order valence-corrected chi connectivity index (χ0v) is 16.3. The van der Waals surface area contributed by atoms with Crippen molar-refractivity contribution < 1.29 is 23.9 Å². The Balaban J connectivity index is 1.38. The lowest BCUT2D eigenvalue weighted by Gasteiger charge is -2.09. The van der Waals surface area contributed by atoms with Crippen molar-refractivity contribution in [3.8, 4) is 0 Å². The summed E-state index contributed by atoms with van der Waals surface area (Å²) in [5.74, 6) is -2.11. The number of esters is 1. The van der Waals surface area contributed by atoms with Crippen LogP contribution in [0.2, 0.25) is 0 Å². The second-order valence-electron chi connectivity index (χ2n) is 7.23. The van der Waals surface area contributed by atoms with Gasteiger partial charge in [0.1, 0.15) is 0 Å². The van der Waals surface area contributed by atoms with E-state index in [1.165, 1.54) is 35.4 Å². The van der Waals surface area contributed by atoms with E-state index in [0.717, 1.165) is 24.2 Å². The summed E-state index contributed by atoms with van der Waals surface area (Å²) in [5, 5.41) is 2.72. The number of carbonyl (C=O) groups is 4. The molecule has 152 valence electrons. The summed E-state index contributed by atoms with van der Waals surface area (Å²) in [6, 6.07) is 9.92. The quantitative estimate of drug-likeness (QED) is 0.454. The molecule has 7 nitrogen and oxygen atoms in total. The number of benzene rings is 2. The number of imide groups is 1. The molecule has 0 saturated heterocycles. The molecule has 2 aromatic rings. The Labute approximate surface area is 173 Å². The van der Waals surface area contributed by atoms with Crippen LogP contribution in [0, 0.1) is 0 Å². The third-order valence-electron chi connectivity index (χ3n) is 5.23. The summed E-state index contributed by atoms with van der Waals surface area (Å²) < 4.78 is 5.07. The van der Waals surface area contributed by atoms with Crippen molar-refractivity contribution >= 4 is 29.4 Å². The van der Waals surface area contributed by atoms with Crippen molar-refractivity contribution in [1.82, 2.24) is 4.90 Å². The Kier molecular flexibility index (Phi) is 5.18. The number of anilines is 1. The SMILES string of the molecule is C=CCN1C(=O)c2ccc(C(=O)OCC(=O)Nc3ccc4c(c3)CCC4)cc2C1=O. The number of ether oxygens (including phenoxy) is 1. The predicted molar refractivity (Wildman–Crippen MR) is 109 cm³/mol. The number of nitrogens with one attached hydrogen (secondary N) is 1. The van der Waals surface area contributed by atoms with Gasteiger partial charge in [0.25, 0.3) is 17.7 Å². The summed E-state index contributed by atoms with van der Waals surface area (Å²) in [7, 11) is 0. The summed E-state index contributed by atoms with van der Waals surface area (Å²) in [5.41, 5.74) is 3.66. The molecule has 7 heteroatoms. The summed E-state index contributed by atoms with van der Waals surface area (Å²) in [6.45, 7) is 3.17. The number of hydrogen-bond donors (Lipinski definition) is 1. The van der Waals surface area contributed by atoms with E-state index in [0.29, 0.717) is 5.69 Å². The second kappa shape index (κ2) is 7.94. The van der Waals surface area contributed by atoms with Gasteiger partial charge in [-0.15, -0.1) is 6.58 Å². The van der Waals surface area contributed by atoms with Gasteiger partial charge in [-0.2, -0.15) is 0 Å². The van der Waals surface area contributed by atoms with Crippen LogP contribution in [-0.2, 0) is 22.4 Å². The number of hydrogen-bond acceptors (Lipinski definition) is 5. The summed E-state index contributed by atoms with van der Waals surface area (Å²) in [6.07, 6.45) is 4.63. The number of aryl methyl sites for hydroxylation is 2. The minimum atomic E-state index is -0.746. The third kappa shape index (κ3) is 3.61. The molecular formula is C23H20N2O5. The molecule has 3 amide bonds. The Hall–Kier alpha value is -3.74. The van der Waals surface area contributed by atoms with E-state index in [1.807, 2.05) is 18.2 Å². The van der Waals surface area contributed by atoms with Crippen molar-refractivity contribution in [3.05, 3.63) is 76.9 Å². The van der Waals surface area contributed by atoms with Crippen LogP contribution >= 0.6 is 0 Å². The molecule has 4 rings (SSSR count). The van der Waals surface area contributed by atoms with Gasteiger partial charge >= 0.3 is 5.97 Å². The maximum atomic E-state index is 12.4. The molecule has 0 bridgehead atoms. The number of fused-ring (bicyclic) bond motifs is 2. The molecule has 1 N–H and O–H groups in total. The number of rotatable bonds is 6. The molecule has 0 spiro atoms. The van der Waals surface area contributed by atoms with E-state index >= 15 is 0 Å². The third-order valence-corrected chi connectivity index (χ3v) is 5.23. The lowest BCUT2D eigenvalue weighted by atomic mass is 10.1. The molecule has 1 heterocycles. The van der Waals surface area contributed by atoms with Crippen molar-refractivity contribution in [3.63, 3.8) is 0 Å². The first-order valence-corrected chi connectivity index (χ1v) is 9.68. The lowest BCUT2D eigenvalue weighted by molar-refractivity contribution is -0.119. The summed E-state index contributed by atoms with van der Waals surface area (Å²) >= 11 is 0. The van der Waals surface area contributed by atoms with E-state index < -0.39 is 30.3 Å². The maximum Gasteiger partial charge on any atom is 0.338 e. The van der Waals surface area contributed by atoms with E-state index in [9.17, 15) is 19.2 Å². The van der Waals surface area contributed by atoms with E-state index in [2.05, 4.69) is 11.9 Å². The lowest BCUT2D eigenvalue weighted by Crippen LogP contribution is -2.29. The number of carbonyl (C=O) groups excluding carboxylic acids is 4. The molecule has 0 aromatic heterocycles. The first kappa shape index (κ1) is 19.6. The fourth-order valence-corrected chi connectivity index (χ4v) is 3.77. The van der Waals surface area contributed by atoms with Gasteiger partial charge in [0, 0.05) is 12.2 Å². The molecule has 2 aromatic carbocycles. The fraction of sp³-hybridized carbons (Fsp3) is 0.217. The van der Waals surface area contributed by atoms with Crippen molar-refractivity contribution in [2.24, 2.45) is 0 Å². The second-order valence-corrected chi connectivity index (χ2v) is 7.23. The molecule has 0 saturated carbocycles. The Morgan fingerprint density at radius 3 is 2.60 bits per heavy atom. The topological polar surface area (TPSA) is 92.8 Å². The number of amides is 3. The van der Waals surface area contributed by atoms with Crippen LogP contribution in [0.1, 0.15) is 48.6 Å². The van der Waals surface area contributed by atoms with Crippen molar-refractivity contribution in [2.75, 3.05) is 18.5 Å². The zero-order chi connectivity index (χ0) is 21.3. The molecule has 1 aliphatic carbocycles. The monoisotopic (exact) mass is 404 g/mol. The predicted octanol–water partition coefficient (Wildman–Crippen LogP) is 2.75. The summed E-state index contributed by atoms with van der Waals surface area (Å²) in [4.78, 5) is 50.1. The fourth-order valence-electron chi connectivity index (χ4n) is 3.77. The largest absolute Gasteiger partial charge is 0.452 e. The first-order chi connectivity index (χ1) is 14.5. The van der Waals surface area contributed by atoms with Crippen LogP contribution < -0.4 is 5.32 Å². The highest BCUT2D eigenvalue weighted by atomic mass is 16.5. The van der Waals surface area contributed by atoms with Gasteiger partial charge in [-0.1, -0.05) is 12.1 Å². The van der Waals surface area contributed by atoms with Crippen LogP contribution in [0.15, 0.2) is 49.1 Å². The van der Waals surface area contributed by atoms with Crippen LogP contribution in [-0.4, -0.2) is 41.7 Å². The molecule has 0 fully saturated rings. The van der Waals surface area contributed by atoms with Gasteiger partial charge in [-0.05, 0) is 60.7 Å². The highest BCUT2D eigenvalue weighted by Gasteiger charge is 2.35. The molecule has 1 aliphatic heterocycles. The van der Waals surface area contributed by atoms with E-state index in [1.54, 1.807) is 0 Å². The highest BCUT2D eigenvalue weighted by molar-refractivity contribution is 6.22. The van der Waals surface area contributed by atoms with Crippen molar-refractivity contribution in [1.29, 1.82) is 0 Å². The minimum Gasteiger partial charge on any atom is -0.452 e.